The number of nitrogens with one attached hydrogen (secondary N) is 2. The third kappa shape index (κ3) is 4.37. The number of pyridine rings is 1. The second-order valence-electron chi connectivity index (χ2n) is 7.86. The number of hydrogen-bond acceptors (Lipinski definition) is 5. The molecule has 1 amide bonds. The fraction of sp³-hybridized carbons (Fsp3) is 0.217. The smallest absolute Gasteiger partial charge is 0.258 e. The summed E-state index contributed by atoms with van der Waals surface area (Å²) in [5, 5.41) is 12.0. The predicted octanol–water partition coefficient (Wildman–Crippen LogP) is 2.77. The fourth-order valence-electron chi connectivity index (χ4n) is 4.00. The summed E-state index contributed by atoms with van der Waals surface area (Å²) in [6.45, 7) is 1.44. The number of likely N-dealkylation sites (tertiary alicyclic amines) is 1. The van der Waals surface area contributed by atoms with Gasteiger partial charge in [0.1, 0.15) is 11.5 Å². The molecule has 0 spiro atoms. The van der Waals surface area contributed by atoms with E-state index in [0.717, 1.165) is 13.0 Å². The number of amides is 1. The molecule has 0 bridgehead atoms. The predicted molar refractivity (Wildman–Crippen MR) is 125 cm³/mol. The summed E-state index contributed by atoms with van der Waals surface area (Å²) >= 11 is 0. The van der Waals surface area contributed by atoms with Gasteiger partial charge < -0.3 is 15.2 Å². The first kappa shape index (κ1) is 22.6. The van der Waals surface area contributed by atoms with E-state index in [-0.39, 0.29) is 29.7 Å². The monoisotopic (exact) mass is 468 g/mol. The number of fused-ring (bicyclic) bond motifs is 1. The summed E-state index contributed by atoms with van der Waals surface area (Å²) in [4.78, 5) is 29.8. The van der Waals surface area contributed by atoms with Gasteiger partial charge in [-0.3, -0.25) is 9.59 Å². The van der Waals surface area contributed by atoms with Crippen molar-refractivity contribution in [3.63, 3.8) is 0 Å². The second kappa shape index (κ2) is 9.13. The first-order valence-electron chi connectivity index (χ1n) is 10.3. The van der Waals surface area contributed by atoms with Crippen molar-refractivity contribution < 1.29 is 9.18 Å². The van der Waals surface area contributed by atoms with E-state index in [1.807, 2.05) is 11.9 Å². The molecule has 0 saturated carbocycles. The molecule has 0 radical (unpaired) electrons. The molecule has 33 heavy (non-hydrogen) atoms. The van der Waals surface area contributed by atoms with Crippen molar-refractivity contribution in [3.8, 4) is 16.9 Å². The zero-order chi connectivity index (χ0) is 22.2. The summed E-state index contributed by atoms with van der Waals surface area (Å²) < 4.78 is 15.1. The Bertz CT molecular complexity index is 1370. The van der Waals surface area contributed by atoms with Gasteiger partial charge in [0, 0.05) is 35.6 Å². The van der Waals surface area contributed by atoms with E-state index in [9.17, 15) is 14.0 Å². The van der Waals surface area contributed by atoms with Crippen molar-refractivity contribution in [2.45, 2.75) is 12.5 Å². The Morgan fingerprint density at radius 1 is 1.18 bits per heavy atom. The molecule has 1 fully saturated rings. The summed E-state index contributed by atoms with van der Waals surface area (Å²) in [7, 11) is 1.91. The molecule has 2 N–H and O–H groups in total. The van der Waals surface area contributed by atoms with E-state index in [1.54, 1.807) is 36.5 Å². The quantitative estimate of drug-likeness (QED) is 0.480. The standard InChI is InChI=1S/C23H21FN6O2.ClH/c1-25-17-8-9-29(12-17)23(32)14-2-5-18(6-3-14)30-13-21(27-28-30)19-11-15-10-16(24)4-7-20(15)26-22(19)31;/h2-7,10-11,13,17,25H,8-9,12H2,1H3,(H,26,31);1H/t17-;/m1./s1. The zero-order valence-electron chi connectivity index (χ0n) is 17.8. The first-order valence-corrected chi connectivity index (χ1v) is 10.3. The summed E-state index contributed by atoms with van der Waals surface area (Å²) in [5.41, 5.74) is 2.20. The number of nitrogens with zero attached hydrogens (tertiary/aromatic N) is 4. The maximum absolute atomic E-state index is 13.6. The van der Waals surface area contributed by atoms with Gasteiger partial charge in [-0.05, 0) is 62.0 Å². The van der Waals surface area contributed by atoms with Crippen LogP contribution in [0.25, 0.3) is 27.8 Å². The molecule has 0 aliphatic carbocycles. The second-order valence-corrected chi connectivity index (χ2v) is 7.86. The lowest BCUT2D eigenvalue weighted by Gasteiger charge is -2.16. The molecule has 1 saturated heterocycles. The van der Waals surface area contributed by atoms with Crippen molar-refractivity contribution in [2.24, 2.45) is 0 Å². The number of carbonyl (C=O) groups excluding carboxylic acids is 1. The number of hydrogen-bond donors (Lipinski definition) is 2. The van der Waals surface area contributed by atoms with Gasteiger partial charge in [-0.15, -0.1) is 17.5 Å². The molecule has 10 heteroatoms. The third-order valence-corrected chi connectivity index (χ3v) is 5.84. The molecule has 8 nitrogen and oxygen atoms in total. The molecular formula is C23H22ClFN6O2. The average Bonchev–Trinajstić information content (AvgIpc) is 3.48. The minimum atomic E-state index is -0.385. The number of aromatic nitrogens is 4. The number of aromatic amines is 1. The maximum atomic E-state index is 13.6. The highest BCUT2D eigenvalue weighted by molar-refractivity contribution is 5.94. The van der Waals surface area contributed by atoms with E-state index in [0.29, 0.717) is 46.0 Å². The summed E-state index contributed by atoms with van der Waals surface area (Å²) in [6, 6.07) is 13.2. The minimum absolute atomic E-state index is 0. The van der Waals surface area contributed by atoms with E-state index >= 15 is 0 Å². The largest absolute Gasteiger partial charge is 0.337 e. The number of carbonyl (C=O) groups is 1. The minimum Gasteiger partial charge on any atom is -0.337 e. The van der Waals surface area contributed by atoms with E-state index in [2.05, 4.69) is 20.6 Å². The van der Waals surface area contributed by atoms with Crippen LogP contribution >= 0.6 is 12.4 Å². The van der Waals surface area contributed by atoms with Crippen LogP contribution in [0, 0.1) is 5.82 Å². The number of rotatable bonds is 4. The molecule has 3 heterocycles. The van der Waals surface area contributed by atoms with Gasteiger partial charge in [0.05, 0.1) is 17.4 Å². The van der Waals surface area contributed by atoms with Crippen molar-refractivity contribution in [3.05, 3.63) is 76.5 Å². The third-order valence-electron chi connectivity index (χ3n) is 5.84. The highest BCUT2D eigenvalue weighted by atomic mass is 35.5. The Kier molecular flexibility index (Phi) is 6.26. The lowest BCUT2D eigenvalue weighted by molar-refractivity contribution is 0.0789. The number of halogens is 2. The van der Waals surface area contributed by atoms with Crippen molar-refractivity contribution in [1.82, 2.24) is 30.2 Å². The van der Waals surface area contributed by atoms with Gasteiger partial charge in [0.15, 0.2) is 0 Å². The van der Waals surface area contributed by atoms with Crippen LogP contribution in [0.4, 0.5) is 4.39 Å². The highest BCUT2D eigenvalue weighted by Crippen LogP contribution is 2.20. The van der Waals surface area contributed by atoms with Gasteiger partial charge in [0.2, 0.25) is 0 Å². The highest BCUT2D eigenvalue weighted by Gasteiger charge is 2.25. The van der Waals surface area contributed by atoms with Gasteiger partial charge >= 0.3 is 0 Å². The summed E-state index contributed by atoms with van der Waals surface area (Å²) in [5.74, 6) is -0.382. The van der Waals surface area contributed by atoms with Crippen LogP contribution in [0.3, 0.4) is 0 Å². The van der Waals surface area contributed by atoms with Crippen LogP contribution in [-0.2, 0) is 0 Å². The van der Waals surface area contributed by atoms with Crippen LogP contribution in [-0.4, -0.2) is 57.0 Å². The van der Waals surface area contributed by atoms with E-state index < -0.39 is 0 Å². The molecule has 1 aliphatic rings. The van der Waals surface area contributed by atoms with Crippen LogP contribution in [0.2, 0.25) is 0 Å². The number of H-pyrrole nitrogens is 1. The Morgan fingerprint density at radius 2 is 1.97 bits per heavy atom. The van der Waals surface area contributed by atoms with Gasteiger partial charge in [-0.1, -0.05) is 5.21 Å². The summed E-state index contributed by atoms with van der Waals surface area (Å²) in [6.07, 6.45) is 2.58. The maximum Gasteiger partial charge on any atom is 0.258 e. The van der Waals surface area contributed by atoms with Crippen LogP contribution < -0.4 is 10.9 Å². The van der Waals surface area contributed by atoms with E-state index in [4.69, 9.17) is 0 Å². The van der Waals surface area contributed by atoms with Crippen molar-refractivity contribution in [1.29, 1.82) is 0 Å². The average molecular weight is 469 g/mol. The number of likely N-dealkylation sites (N-methyl/N-ethyl adjacent to an activating group) is 1. The van der Waals surface area contributed by atoms with Crippen LogP contribution in [0.5, 0.6) is 0 Å². The molecule has 5 rings (SSSR count). The lowest BCUT2D eigenvalue weighted by Crippen LogP contribution is -2.33. The Hall–Kier alpha value is -3.56. The Balaban J connectivity index is 0.00000259. The SMILES string of the molecule is CN[C@@H]1CCN(C(=O)c2ccc(-n3cc(-c4cc5cc(F)ccc5[nH]c4=O)nn3)cc2)C1.Cl. The van der Waals surface area contributed by atoms with Gasteiger partial charge in [-0.2, -0.15) is 0 Å². The Labute approximate surface area is 194 Å². The molecule has 4 aromatic rings. The molecule has 2 aromatic carbocycles. The fourth-order valence-corrected chi connectivity index (χ4v) is 4.00. The first-order chi connectivity index (χ1) is 15.5. The topological polar surface area (TPSA) is 95.9 Å². The van der Waals surface area contributed by atoms with Gasteiger partial charge in [-0.25, -0.2) is 9.07 Å². The zero-order valence-corrected chi connectivity index (χ0v) is 18.6. The molecule has 1 atom stereocenters. The molecular weight excluding hydrogens is 447 g/mol. The Morgan fingerprint density at radius 3 is 2.70 bits per heavy atom. The molecule has 1 aliphatic heterocycles. The molecule has 170 valence electrons. The normalized spacial score (nSPS) is 15.6. The van der Waals surface area contributed by atoms with Crippen LogP contribution in [0.1, 0.15) is 16.8 Å². The molecule has 0 unspecified atom stereocenters. The van der Waals surface area contributed by atoms with E-state index in [1.165, 1.54) is 22.9 Å². The van der Waals surface area contributed by atoms with Crippen molar-refractivity contribution in [2.75, 3.05) is 20.1 Å². The van der Waals surface area contributed by atoms with Gasteiger partial charge in [0.25, 0.3) is 11.5 Å². The van der Waals surface area contributed by atoms with Crippen LogP contribution in [0.15, 0.2) is 59.5 Å². The lowest BCUT2D eigenvalue weighted by atomic mass is 10.1. The molecule has 2 aromatic heterocycles. The van der Waals surface area contributed by atoms with Crippen molar-refractivity contribution >= 4 is 29.2 Å². The number of benzene rings is 2.